The Bertz CT molecular complexity index is 538. The number of urea groups is 1. The maximum absolute atomic E-state index is 12.9. The molecule has 0 aromatic rings. The van der Waals surface area contributed by atoms with Crippen LogP contribution in [0.2, 0.25) is 0 Å². The van der Waals surface area contributed by atoms with E-state index in [9.17, 15) is 14.4 Å². The van der Waals surface area contributed by atoms with Gasteiger partial charge in [0.25, 0.3) is 0 Å². The predicted molar refractivity (Wildman–Crippen MR) is 91.0 cm³/mol. The number of rotatable bonds is 4. The number of carbonyl (C=O) groups is 3. The number of likely N-dealkylation sites (tertiary alicyclic amines) is 2. The molecule has 2 aliphatic heterocycles. The van der Waals surface area contributed by atoms with E-state index in [-0.39, 0.29) is 23.4 Å². The van der Waals surface area contributed by atoms with Gasteiger partial charge in [0, 0.05) is 32.2 Å². The van der Waals surface area contributed by atoms with Crippen molar-refractivity contribution in [3.8, 4) is 0 Å². The van der Waals surface area contributed by atoms with Crippen LogP contribution in [0.3, 0.4) is 0 Å². The number of piperidine rings is 1. The smallest absolute Gasteiger partial charge is 0.320 e. The molecule has 0 bridgehead atoms. The summed E-state index contributed by atoms with van der Waals surface area (Å²) in [6.07, 6.45) is 3.78. The average Bonchev–Trinajstić information content (AvgIpc) is 2.52. The third kappa shape index (κ3) is 3.12. The van der Waals surface area contributed by atoms with Crippen molar-refractivity contribution < 1.29 is 14.4 Å². The first kappa shape index (κ1) is 18.3. The van der Waals surface area contributed by atoms with Crippen molar-refractivity contribution in [1.82, 2.24) is 14.7 Å². The van der Waals surface area contributed by atoms with Gasteiger partial charge in [0.15, 0.2) is 0 Å². The van der Waals surface area contributed by atoms with Gasteiger partial charge in [-0.25, -0.2) is 4.79 Å². The molecule has 0 unspecified atom stereocenters. The number of primary amides is 1. The number of nitrogens with zero attached hydrogens (tertiary/aromatic N) is 3. The van der Waals surface area contributed by atoms with Crippen molar-refractivity contribution in [2.45, 2.75) is 44.7 Å². The maximum Gasteiger partial charge on any atom is 0.320 e. The maximum atomic E-state index is 12.9. The van der Waals surface area contributed by atoms with E-state index in [1.54, 1.807) is 11.9 Å². The highest BCUT2D eigenvalue weighted by atomic mass is 16.2. The third-order valence-corrected chi connectivity index (χ3v) is 5.43. The first-order valence-corrected chi connectivity index (χ1v) is 8.48. The molecule has 0 aromatic carbocycles. The van der Waals surface area contributed by atoms with Gasteiger partial charge in [-0.05, 0) is 31.3 Å². The van der Waals surface area contributed by atoms with E-state index in [1.165, 1.54) is 11.0 Å². The highest BCUT2D eigenvalue weighted by Crippen LogP contribution is 2.40. The topological polar surface area (TPSA) is 87.0 Å². The van der Waals surface area contributed by atoms with Crippen LogP contribution >= 0.6 is 0 Å². The molecule has 2 saturated heterocycles. The molecule has 1 atom stereocenters. The van der Waals surface area contributed by atoms with E-state index in [0.29, 0.717) is 19.6 Å². The lowest BCUT2D eigenvalue weighted by molar-refractivity contribution is -0.131. The molecule has 134 valence electrons. The van der Waals surface area contributed by atoms with Gasteiger partial charge >= 0.3 is 6.03 Å². The summed E-state index contributed by atoms with van der Waals surface area (Å²) in [4.78, 5) is 41.4. The Hall–Kier alpha value is -2.05. The zero-order chi connectivity index (χ0) is 18.1. The SMILES string of the molecule is C=CC(=O)N1CCC2(CC1)CCN2C(=O)N(C)[C@H](C(N)=O)C(C)C. The van der Waals surface area contributed by atoms with Gasteiger partial charge in [-0.1, -0.05) is 20.4 Å². The molecule has 0 radical (unpaired) electrons. The summed E-state index contributed by atoms with van der Waals surface area (Å²) < 4.78 is 0. The van der Waals surface area contributed by atoms with Crippen LogP contribution < -0.4 is 5.73 Å². The Kier molecular flexibility index (Phi) is 5.20. The molecule has 2 N–H and O–H groups in total. The fraction of sp³-hybridized carbons (Fsp3) is 0.706. The van der Waals surface area contributed by atoms with Gasteiger partial charge in [-0.2, -0.15) is 0 Å². The zero-order valence-corrected chi connectivity index (χ0v) is 14.8. The Balaban J connectivity index is 2.05. The Labute approximate surface area is 143 Å². The molecule has 1 spiro atoms. The van der Waals surface area contributed by atoms with Crippen molar-refractivity contribution in [2.24, 2.45) is 11.7 Å². The van der Waals surface area contributed by atoms with Gasteiger partial charge in [-0.3, -0.25) is 9.59 Å². The molecule has 2 rings (SSSR count). The van der Waals surface area contributed by atoms with Crippen LogP contribution in [0.1, 0.15) is 33.1 Å². The van der Waals surface area contributed by atoms with Crippen LogP contribution in [0.15, 0.2) is 12.7 Å². The second kappa shape index (κ2) is 6.83. The minimum atomic E-state index is -0.613. The second-order valence-corrected chi connectivity index (χ2v) is 7.14. The monoisotopic (exact) mass is 336 g/mol. The first-order valence-electron chi connectivity index (χ1n) is 8.48. The quantitative estimate of drug-likeness (QED) is 0.771. The summed E-state index contributed by atoms with van der Waals surface area (Å²) in [5, 5.41) is 0. The molecule has 0 aliphatic carbocycles. The molecule has 7 nitrogen and oxygen atoms in total. The van der Waals surface area contributed by atoms with Crippen molar-refractivity contribution in [3.05, 3.63) is 12.7 Å². The van der Waals surface area contributed by atoms with Crippen molar-refractivity contribution in [3.63, 3.8) is 0 Å². The van der Waals surface area contributed by atoms with Crippen LogP contribution in [0.4, 0.5) is 4.79 Å². The normalized spacial score (nSPS) is 20.5. The summed E-state index contributed by atoms with van der Waals surface area (Å²) in [6, 6.07) is -0.764. The summed E-state index contributed by atoms with van der Waals surface area (Å²) in [6.45, 7) is 9.21. The van der Waals surface area contributed by atoms with E-state index in [1.807, 2.05) is 18.7 Å². The number of hydrogen-bond acceptors (Lipinski definition) is 3. The lowest BCUT2D eigenvalue weighted by atomic mass is 9.76. The Morgan fingerprint density at radius 3 is 2.08 bits per heavy atom. The van der Waals surface area contributed by atoms with Crippen LogP contribution in [0.25, 0.3) is 0 Å². The van der Waals surface area contributed by atoms with Gasteiger partial charge < -0.3 is 20.4 Å². The van der Waals surface area contributed by atoms with E-state index in [4.69, 9.17) is 5.73 Å². The Morgan fingerprint density at radius 2 is 1.71 bits per heavy atom. The summed E-state index contributed by atoms with van der Waals surface area (Å²) in [5.41, 5.74) is 5.28. The molecule has 24 heavy (non-hydrogen) atoms. The summed E-state index contributed by atoms with van der Waals surface area (Å²) >= 11 is 0. The van der Waals surface area contributed by atoms with Gasteiger partial charge in [0.05, 0.1) is 0 Å². The molecular formula is C17H28N4O3. The highest BCUT2D eigenvalue weighted by molar-refractivity contribution is 5.87. The molecular weight excluding hydrogens is 308 g/mol. The van der Waals surface area contributed by atoms with E-state index < -0.39 is 11.9 Å². The van der Waals surface area contributed by atoms with E-state index in [0.717, 1.165) is 19.3 Å². The largest absolute Gasteiger partial charge is 0.368 e. The lowest BCUT2D eigenvalue weighted by Crippen LogP contribution is -2.69. The minimum Gasteiger partial charge on any atom is -0.368 e. The summed E-state index contributed by atoms with van der Waals surface area (Å²) in [5.74, 6) is -0.588. The molecule has 0 saturated carbocycles. The zero-order valence-electron chi connectivity index (χ0n) is 14.8. The number of carbonyl (C=O) groups excluding carboxylic acids is 3. The fourth-order valence-corrected chi connectivity index (χ4v) is 3.91. The lowest BCUT2D eigenvalue weighted by Gasteiger charge is -2.57. The van der Waals surface area contributed by atoms with Crippen LogP contribution in [-0.2, 0) is 9.59 Å². The van der Waals surface area contributed by atoms with Gasteiger partial charge in [-0.15, -0.1) is 0 Å². The van der Waals surface area contributed by atoms with Gasteiger partial charge in [0.2, 0.25) is 11.8 Å². The average molecular weight is 336 g/mol. The minimum absolute atomic E-state index is 0.0410. The second-order valence-electron chi connectivity index (χ2n) is 7.14. The van der Waals surface area contributed by atoms with Gasteiger partial charge in [0.1, 0.15) is 6.04 Å². The van der Waals surface area contributed by atoms with Crippen LogP contribution in [-0.4, -0.2) is 70.8 Å². The molecule has 2 heterocycles. The number of likely N-dealkylation sites (N-methyl/N-ethyl adjacent to an activating group) is 1. The van der Waals surface area contributed by atoms with Crippen molar-refractivity contribution >= 4 is 17.8 Å². The predicted octanol–water partition coefficient (Wildman–Crippen LogP) is 0.801. The summed E-state index contributed by atoms with van der Waals surface area (Å²) in [7, 11) is 1.64. The number of nitrogens with two attached hydrogens (primary N) is 1. The van der Waals surface area contributed by atoms with E-state index >= 15 is 0 Å². The molecule has 7 heteroatoms. The number of hydrogen-bond donors (Lipinski definition) is 1. The number of amides is 4. The van der Waals surface area contributed by atoms with Crippen molar-refractivity contribution in [1.29, 1.82) is 0 Å². The fourth-order valence-electron chi connectivity index (χ4n) is 3.91. The van der Waals surface area contributed by atoms with E-state index in [2.05, 4.69) is 6.58 Å². The van der Waals surface area contributed by atoms with Crippen molar-refractivity contribution in [2.75, 3.05) is 26.7 Å². The third-order valence-electron chi connectivity index (χ3n) is 5.43. The highest BCUT2D eigenvalue weighted by Gasteiger charge is 2.50. The van der Waals surface area contributed by atoms with Crippen LogP contribution in [0, 0.1) is 5.92 Å². The first-order chi connectivity index (χ1) is 11.2. The molecule has 2 aliphatic rings. The Morgan fingerprint density at radius 1 is 1.17 bits per heavy atom. The molecule has 0 aromatic heterocycles. The standard InChI is InChI=1S/C17H28N4O3/c1-5-13(22)20-9-6-17(7-10-20)8-11-21(17)16(24)19(4)14(12(2)3)15(18)23/h5,12,14H,1,6-11H2,2-4H3,(H2,18,23)/t14-/m0/s1. The molecule has 4 amide bonds. The van der Waals surface area contributed by atoms with Crippen LogP contribution in [0.5, 0.6) is 0 Å². The molecule has 2 fully saturated rings.